The maximum Gasteiger partial charge on any atom is 0.439 e. The molecular formula is C13H11F6N3OS. The summed E-state index contributed by atoms with van der Waals surface area (Å²) in [5, 5.41) is 1.87. The van der Waals surface area contributed by atoms with Gasteiger partial charge in [0.15, 0.2) is 5.17 Å². The Morgan fingerprint density at radius 1 is 1.04 bits per heavy atom. The first-order valence-corrected chi connectivity index (χ1v) is 7.52. The number of hydrogen-bond donors (Lipinski definition) is 2. The van der Waals surface area contributed by atoms with E-state index in [1.165, 1.54) is 23.5 Å². The van der Waals surface area contributed by atoms with Crippen LogP contribution >= 0.6 is 11.8 Å². The summed E-state index contributed by atoms with van der Waals surface area (Å²) in [7, 11) is 0. The Morgan fingerprint density at radius 3 is 2.08 bits per heavy atom. The number of amides is 1. The van der Waals surface area contributed by atoms with E-state index < -0.39 is 29.1 Å². The lowest BCUT2D eigenvalue weighted by molar-refractivity contribution is -0.309. The van der Waals surface area contributed by atoms with Gasteiger partial charge < -0.3 is 10.6 Å². The molecule has 0 atom stereocenters. The van der Waals surface area contributed by atoms with Crippen molar-refractivity contribution in [1.29, 1.82) is 0 Å². The molecule has 1 aliphatic heterocycles. The van der Waals surface area contributed by atoms with Crippen molar-refractivity contribution in [3.63, 3.8) is 0 Å². The molecule has 1 aromatic carbocycles. The van der Waals surface area contributed by atoms with E-state index in [0.29, 0.717) is 11.8 Å². The van der Waals surface area contributed by atoms with Crippen LogP contribution in [-0.2, 0) is 0 Å². The summed E-state index contributed by atoms with van der Waals surface area (Å²) in [5.74, 6) is -1.26. The van der Waals surface area contributed by atoms with Crippen molar-refractivity contribution in [3.05, 3.63) is 35.9 Å². The van der Waals surface area contributed by atoms with Crippen molar-refractivity contribution in [2.75, 3.05) is 12.3 Å². The topological polar surface area (TPSA) is 53.5 Å². The fourth-order valence-corrected chi connectivity index (χ4v) is 2.66. The second-order valence-corrected chi connectivity index (χ2v) is 5.81. The average Bonchev–Trinajstić information content (AvgIpc) is 2.98. The summed E-state index contributed by atoms with van der Waals surface area (Å²) >= 11 is 0.712. The van der Waals surface area contributed by atoms with Gasteiger partial charge in [-0.05, 0) is 12.1 Å². The molecule has 1 aliphatic rings. The second kappa shape index (κ2) is 6.54. The van der Waals surface area contributed by atoms with E-state index in [1.807, 2.05) is 0 Å². The highest BCUT2D eigenvalue weighted by Gasteiger charge is 2.73. The van der Waals surface area contributed by atoms with Crippen molar-refractivity contribution in [3.8, 4) is 0 Å². The van der Waals surface area contributed by atoms with Gasteiger partial charge in [-0.3, -0.25) is 9.79 Å². The third-order valence-electron chi connectivity index (χ3n) is 3.07. The van der Waals surface area contributed by atoms with Gasteiger partial charge in [-0.1, -0.05) is 30.0 Å². The molecule has 1 aromatic rings. The van der Waals surface area contributed by atoms with E-state index in [1.54, 1.807) is 0 Å². The van der Waals surface area contributed by atoms with Crippen LogP contribution in [0.15, 0.2) is 35.3 Å². The predicted octanol–water partition coefficient (Wildman–Crippen LogP) is 2.93. The fraction of sp³-hybridized carbons (Fsp3) is 0.385. The minimum Gasteiger partial charge on any atom is -0.327 e. The summed E-state index contributed by atoms with van der Waals surface area (Å²) < 4.78 is 80.0. The molecule has 11 heteroatoms. The van der Waals surface area contributed by atoms with Gasteiger partial charge in [0.1, 0.15) is 0 Å². The molecule has 0 spiro atoms. The van der Waals surface area contributed by atoms with E-state index in [-0.39, 0.29) is 17.9 Å². The number of benzene rings is 1. The zero-order chi connectivity index (χ0) is 18.0. The summed E-state index contributed by atoms with van der Waals surface area (Å²) in [6.07, 6.45) is -11.7. The minimum atomic E-state index is -5.85. The van der Waals surface area contributed by atoms with Crippen LogP contribution in [0.5, 0.6) is 0 Å². The smallest absolute Gasteiger partial charge is 0.327 e. The van der Waals surface area contributed by atoms with Gasteiger partial charge in [0.05, 0.1) is 6.54 Å². The van der Waals surface area contributed by atoms with Crippen molar-refractivity contribution in [1.82, 2.24) is 10.6 Å². The van der Waals surface area contributed by atoms with Gasteiger partial charge in [-0.25, -0.2) is 0 Å². The Hall–Kier alpha value is -1.91. The molecule has 1 amide bonds. The fourth-order valence-electron chi connectivity index (χ4n) is 1.88. The number of carbonyl (C=O) groups excluding carboxylic acids is 1. The van der Waals surface area contributed by atoms with Gasteiger partial charge in [-0.2, -0.15) is 26.3 Å². The van der Waals surface area contributed by atoms with Crippen LogP contribution in [-0.4, -0.2) is 41.4 Å². The molecule has 0 saturated heterocycles. The molecule has 0 aromatic heterocycles. The van der Waals surface area contributed by atoms with E-state index in [2.05, 4.69) is 4.99 Å². The number of thioether (sulfide) groups is 1. The van der Waals surface area contributed by atoms with Crippen LogP contribution in [0.4, 0.5) is 26.3 Å². The van der Waals surface area contributed by atoms with Crippen LogP contribution in [0.1, 0.15) is 10.4 Å². The standard InChI is InChI=1S/C13H11F6N3OS/c14-12(15,16)11(13(17,18)19,22-10-20-6-7-24-10)21-9(23)8-4-2-1-3-5-8/h1-5H,6-7H2,(H,20,22)(H,21,23). The summed E-state index contributed by atoms with van der Waals surface area (Å²) in [4.78, 5) is 15.5. The largest absolute Gasteiger partial charge is 0.439 e. The lowest BCUT2D eigenvalue weighted by atomic mass is 10.1. The zero-order valence-electron chi connectivity index (χ0n) is 11.8. The van der Waals surface area contributed by atoms with Crippen molar-refractivity contribution in [2.24, 2.45) is 4.99 Å². The normalized spacial score (nSPS) is 15.8. The Labute approximate surface area is 136 Å². The number of nitrogens with zero attached hydrogens (tertiary/aromatic N) is 1. The third-order valence-corrected chi connectivity index (χ3v) is 3.96. The Kier molecular flexibility index (Phi) is 5.02. The van der Waals surface area contributed by atoms with E-state index in [0.717, 1.165) is 17.4 Å². The van der Waals surface area contributed by atoms with Crippen molar-refractivity contribution < 1.29 is 31.1 Å². The molecule has 2 rings (SSSR count). The molecular weight excluding hydrogens is 360 g/mol. The van der Waals surface area contributed by atoms with Gasteiger partial charge >= 0.3 is 18.0 Å². The van der Waals surface area contributed by atoms with Gasteiger partial charge in [0, 0.05) is 11.3 Å². The van der Waals surface area contributed by atoms with Crippen LogP contribution in [0, 0.1) is 0 Å². The zero-order valence-corrected chi connectivity index (χ0v) is 12.6. The van der Waals surface area contributed by atoms with Crippen LogP contribution in [0.3, 0.4) is 0 Å². The number of hydrogen-bond acceptors (Lipinski definition) is 4. The number of carbonyl (C=O) groups is 1. The van der Waals surface area contributed by atoms with E-state index in [4.69, 9.17) is 0 Å². The van der Waals surface area contributed by atoms with E-state index >= 15 is 0 Å². The number of aliphatic imine (C=N–C) groups is 1. The number of amidine groups is 1. The summed E-state index contributed by atoms with van der Waals surface area (Å²) in [6.45, 7) is 0.0887. The summed E-state index contributed by atoms with van der Waals surface area (Å²) in [6, 6.07) is 6.33. The van der Waals surface area contributed by atoms with Crippen molar-refractivity contribution in [2.45, 2.75) is 18.0 Å². The van der Waals surface area contributed by atoms with Gasteiger partial charge in [-0.15, -0.1) is 0 Å². The molecule has 0 unspecified atom stereocenters. The number of nitrogens with one attached hydrogen (secondary N) is 2. The molecule has 4 nitrogen and oxygen atoms in total. The molecule has 0 fully saturated rings. The molecule has 24 heavy (non-hydrogen) atoms. The highest BCUT2D eigenvalue weighted by atomic mass is 32.2. The van der Waals surface area contributed by atoms with Crippen LogP contribution in [0.25, 0.3) is 0 Å². The Bertz CT molecular complexity index is 615. The minimum absolute atomic E-state index is 0.0887. The average molecular weight is 371 g/mol. The van der Waals surface area contributed by atoms with Gasteiger partial charge in [0.25, 0.3) is 5.91 Å². The third kappa shape index (κ3) is 3.60. The molecule has 132 valence electrons. The van der Waals surface area contributed by atoms with Crippen LogP contribution in [0.2, 0.25) is 0 Å². The first-order chi connectivity index (χ1) is 11.1. The monoisotopic (exact) mass is 371 g/mol. The maximum absolute atomic E-state index is 13.3. The number of rotatable bonds is 3. The maximum atomic E-state index is 13.3. The van der Waals surface area contributed by atoms with Crippen LogP contribution < -0.4 is 10.6 Å². The first-order valence-electron chi connectivity index (χ1n) is 6.53. The Morgan fingerprint density at radius 2 is 1.62 bits per heavy atom. The molecule has 0 bridgehead atoms. The first kappa shape index (κ1) is 18.4. The highest BCUT2D eigenvalue weighted by Crippen LogP contribution is 2.42. The summed E-state index contributed by atoms with van der Waals surface area (Å²) in [5.41, 5.74) is -4.97. The molecule has 0 saturated carbocycles. The molecule has 2 N–H and O–H groups in total. The molecule has 1 heterocycles. The second-order valence-electron chi connectivity index (χ2n) is 4.73. The van der Waals surface area contributed by atoms with Crippen molar-refractivity contribution >= 4 is 22.8 Å². The van der Waals surface area contributed by atoms with Gasteiger partial charge in [0.2, 0.25) is 0 Å². The predicted molar refractivity (Wildman–Crippen MR) is 76.6 cm³/mol. The lowest BCUT2D eigenvalue weighted by Gasteiger charge is -2.38. The SMILES string of the molecule is O=C(NC(NC1=NCCS1)(C(F)(F)F)C(F)(F)F)c1ccccc1. The number of alkyl halides is 6. The quantitative estimate of drug-likeness (QED) is 0.635. The number of halogens is 6. The lowest BCUT2D eigenvalue weighted by Crippen LogP contribution is -2.76. The Balaban J connectivity index is 2.42. The highest BCUT2D eigenvalue weighted by molar-refractivity contribution is 8.14. The molecule has 0 radical (unpaired) electrons. The molecule has 0 aliphatic carbocycles. The van der Waals surface area contributed by atoms with E-state index in [9.17, 15) is 31.1 Å².